The molecule has 0 bridgehead atoms. The lowest BCUT2D eigenvalue weighted by atomic mass is 10.1. The van der Waals surface area contributed by atoms with Crippen LogP contribution in [0.5, 0.6) is 0 Å². The number of hydrogen-bond donors (Lipinski definition) is 2. The Balaban J connectivity index is 2.20. The molecule has 2 aromatic carbocycles. The standard InChI is InChI=1S/C15H16BrNO/c1-11-6-8-12(9-7-11)15(10-18)17-14-5-3-2-4-13(14)16/h2-9,15,17-18H,10H2,1H3. The van der Waals surface area contributed by atoms with Crippen LogP contribution in [0.1, 0.15) is 17.2 Å². The molecule has 2 nitrogen and oxygen atoms in total. The van der Waals surface area contributed by atoms with Crippen molar-refractivity contribution in [2.75, 3.05) is 11.9 Å². The van der Waals surface area contributed by atoms with Crippen molar-refractivity contribution in [1.82, 2.24) is 0 Å². The van der Waals surface area contributed by atoms with Crippen molar-refractivity contribution >= 4 is 21.6 Å². The first-order valence-corrected chi connectivity index (χ1v) is 6.68. The van der Waals surface area contributed by atoms with E-state index in [4.69, 9.17) is 0 Å². The number of nitrogens with one attached hydrogen (secondary N) is 1. The molecule has 1 atom stereocenters. The Hall–Kier alpha value is -1.32. The first-order valence-electron chi connectivity index (χ1n) is 5.89. The highest BCUT2D eigenvalue weighted by Crippen LogP contribution is 2.26. The summed E-state index contributed by atoms with van der Waals surface area (Å²) in [6.07, 6.45) is 0. The van der Waals surface area contributed by atoms with Crippen LogP contribution < -0.4 is 5.32 Å². The van der Waals surface area contributed by atoms with Gasteiger partial charge in [-0.05, 0) is 40.5 Å². The average molecular weight is 306 g/mol. The molecule has 2 rings (SSSR count). The summed E-state index contributed by atoms with van der Waals surface area (Å²) in [6.45, 7) is 2.11. The second-order valence-corrected chi connectivity index (χ2v) is 5.12. The van der Waals surface area contributed by atoms with Crippen LogP contribution in [0.25, 0.3) is 0 Å². The number of aliphatic hydroxyl groups excluding tert-OH is 1. The van der Waals surface area contributed by atoms with E-state index in [0.717, 1.165) is 15.7 Å². The van der Waals surface area contributed by atoms with Crippen LogP contribution in [-0.2, 0) is 0 Å². The third kappa shape index (κ3) is 3.12. The van der Waals surface area contributed by atoms with Crippen molar-refractivity contribution in [3.63, 3.8) is 0 Å². The predicted molar refractivity (Wildman–Crippen MR) is 78.8 cm³/mol. The van der Waals surface area contributed by atoms with E-state index >= 15 is 0 Å². The molecule has 0 saturated carbocycles. The third-order valence-electron chi connectivity index (χ3n) is 2.87. The minimum Gasteiger partial charge on any atom is -0.394 e. The maximum absolute atomic E-state index is 9.52. The second kappa shape index (κ2) is 6.03. The number of hydrogen-bond acceptors (Lipinski definition) is 2. The van der Waals surface area contributed by atoms with Crippen LogP contribution in [0.3, 0.4) is 0 Å². The van der Waals surface area contributed by atoms with Crippen molar-refractivity contribution in [1.29, 1.82) is 0 Å². The number of aliphatic hydroxyl groups is 1. The summed E-state index contributed by atoms with van der Waals surface area (Å²) in [6, 6.07) is 16.0. The van der Waals surface area contributed by atoms with E-state index in [0.29, 0.717) is 0 Å². The smallest absolute Gasteiger partial charge is 0.0745 e. The molecule has 0 fully saturated rings. The summed E-state index contributed by atoms with van der Waals surface area (Å²) in [5.74, 6) is 0. The second-order valence-electron chi connectivity index (χ2n) is 4.27. The van der Waals surface area contributed by atoms with E-state index in [1.165, 1.54) is 5.56 Å². The molecular weight excluding hydrogens is 290 g/mol. The van der Waals surface area contributed by atoms with Gasteiger partial charge in [-0.2, -0.15) is 0 Å². The largest absolute Gasteiger partial charge is 0.394 e. The van der Waals surface area contributed by atoms with Crippen LogP contribution in [0, 0.1) is 6.92 Å². The van der Waals surface area contributed by atoms with E-state index in [9.17, 15) is 5.11 Å². The fraction of sp³-hybridized carbons (Fsp3) is 0.200. The molecule has 0 radical (unpaired) electrons. The topological polar surface area (TPSA) is 32.3 Å². The van der Waals surface area contributed by atoms with Gasteiger partial charge >= 0.3 is 0 Å². The minimum atomic E-state index is -0.0932. The van der Waals surface area contributed by atoms with Gasteiger partial charge in [-0.25, -0.2) is 0 Å². The van der Waals surface area contributed by atoms with Gasteiger partial charge in [-0.15, -0.1) is 0 Å². The maximum atomic E-state index is 9.52. The first kappa shape index (κ1) is 13.1. The van der Waals surface area contributed by atoms with Gasteiger partial charge in [0.25, 0.3) is 0 Å². The lowest BCUT2D eigenvalue weighted by Gasteiger charge is -2.19. The van der Waals surface area contributed by atoms with E-state index in [2.05, 4.69) is 40.3 Å². The monoisotopic (exact) mass is 305 g/mol. The van der Waals surface area contributed by atoms with Crippen molar-refractivity contribution < 1.29 is 5.11 Å². The molecule has 2 N–H and O–H groups in total. The van der Waals surface area contributed by atoms with E-state index in [1.807, 2.05) is 36.4 Å². The molecule has 0 aliphatic rings. The maximum Gasteiger partial charge on any atom is 0.0745 e. The summed E-state index contributed by atoms with van der Waals surface area (Å²) < 4.78 is 0.996. The van der Waals surface area contributed by atoms with Gasteiger partial charge in [-0.3, -0.25) is 0 Å². The number of benzene rings is 2. The molecular formula is C15H16BrNO. The highest BCUT2D eigenvalue weighted by molar-refractivity contribution is 9.10. The first-order chi connectivity index (χ1) is 8.70. The zero-order chi connectivity index (χ0) is 13.0. The van der Waals surface area contributed by atoms with Gasteiger partial charge in [0.15, 0.2) is 0 Å². The summed E-state index contributed by atoms with van der Waals surface area (Å²) in [4.78, 5) is 0. The molecule has 0 spiro atoms. The molecule has 0 aliphatic carbocycles. The highest BCUT2D eigenvalue weighted by atomic mass is 79.9. The van der Waals surface area contributed by atoms with Crippen molar-refractivity contribution in [2.24, 2.45) is 0 Å². The lowest BCUT2D eigenvalue weighted by Crippen LogP contribution is -2.15. The summed E-state index contributed by atoms with van der Waals surface area (Å²) in [5.41, 5.74) is 3.28. The molecule has 0 amide bonds. The summed E-state index contributed by atoms with van der Waals surface area (Å²) in [7, 11) is 0. The van der Waals surface area contributed by atoms with Crippen molar-refractivity contribution in [3.8, 4) is 0 Å². The number of halogens is 1. The number of aryl methyl sites for hydroxylation is 1. The Labute approximate surface area is 116 Å². The normalized spacial score (nSPS) is 12.2. The van der Waals surface area contributed by atoms with Crippen LogP contribution >= 0.6 is 15.9 Å². The van der Waals surface area contributed by atoms with Gasteiger partial charge in [0.1, 0.15) is 0 Å². The third-order valence-corrected chi connectivity index (χ3v) is 3.56. The van der Waals surface area contributed by atoms with E-state index < -0.39 is 0 Å². The molecule has 0 saturated heterocycles. The Morgan fingerprint density at radius 3 is 2.39 bits per heavy atom. The zero-order valence-electron chi connectivity index (χ0n) is 10.2. The average Bonchev–Trinajstić information content (AvgIpc) is 2.39. The quantitative estimate of drug-likeness (QED) is 0.898. The number of anilines is 1. The van der Waals surface area contributed by atoms with Crippen molar-refractivity contribution in [2.45, 2.75) is 13.0 Å². The van der Waals surface area contributed by atoms with Crippen LogP contribution in [0.2, 0.25) is 0 Å². The highest BCUT2D eigenvalue weighted by Gasteiger charge is 2.11. The lowest BCUT2D eigenvalue weighted by molar-refractivity contribution is 0.276. The van der Waals surface area contributed by atoms with Gasteiger partial charge in [-0.1, -0.05) is 42.0 Å². The molecule has 94 valence electrons. The van der Waals surface area contributed by atoms with Crippen molar-refractivity contribution in [3.05, 3.63) is 64.1 Å². The Bertz CT molecular complexity index is 510. The van der Waals surface area contributed by atoms with Gasteiger partial charge in [0.05, 0.1) is 12.6 Å². The molecule has 0 aromatic heterocycles. The van der Waals surface area contributed by atoms with Gasteiger partial charge in [0, 0.05) is 10.2 Å². The molecule has 3 heteroatoms. The fourth-order valence-corrected chi connectivity index (χ4v) is 2.20. The molecule has 0 heterocycles. The van der Waals surface area contributed by atoms with Crippen LogP contribution in [0.4, 0.5) is 5.69 Å². The molecule has 0 aliphatic heterocycles. The number of rotatable bonds is 4. The Morgan fingerprint density at radius 1 is 1.11 bits per heavy atom. The Kier molecular flexibility index (Phi) is 4.39. The van der Waals surface area contributed by atoms with Gasteiger partial charge in [0.2, 0.25) is 0 Å². The molecule has 2 aromatic rings. The fourth-order valence-electron chi connectivity index (χ4n) is 1.80. The molecule has 1 unspecified atom stereocenters. The van der Waals surface area contributed by atoms with E-state index in [1.54, 1.807) is 0 Å². The van der Waals surface area contributed by atoms with Crippen LogP contribution in [0.15, 0.2) is 53.0 Å². The van der Waals surface area contributed by atoms with Crippen LogP contribution in [-0.4, -0.2) is 11.7 Å². The SMILES string of the molecule is Cc1ccc(C(CO)Nc2ccccc2Br)cc1. The molecule has 18 heavy (non-hydrogen) atoms. The Morgan fingerprint density at radius 2 is 1.78 bits per heavy atom. The van der Waals surface area contributed by atoms with Gasteiger partial charge < -0.3 is 10.4 Å². The number of para-hydroxylation sites is 1. The predicted octanol–water partition coefficient (Wildman–Crippen LogP) is 3.90. The zero-order valence-corrected chi connectivity index (χ0v) is 11.8. The van der Waals surface area contributed by atoms with E-state index in [-0.39, 0.29) is 12.6 Å². The summed E-state index contributed by atoms with van der Waals surface area (Å²) in [5, 5.41) is 12.9. The summed E-state index contributed by atoms with van der Waals surface area (Å²) >= 11 is 3.49. The minimum absolute atomic E-state index is 0.0599.